The van der Waals surface area contributed by atoms with E-state index in [9.17, 15) is 31.1 Å². The molecule has 10 heteroatoms. The van der Waals surface area contributed by atoms with Crippen molar-refractivity contribution >= 4 is 5.91 Å². The van der Waals surface area contributed by atoms with Crippen LogP contribution >= 0.6 is 0 Å². The first-order chi connectivity index (χ1) is 14.1. The number of pyridine rings is 2. The highest BCUT2D eigenvalue weighted by atomic mass is 19.4. The van der Waals surface area contributed by atoms with Gasteiger partial charge in [0, 0.05) is 18.6 Å². The number of nitrogens with one attached hydrogen (secondary N) is 1. The number of hydrogen-bond acceptors (Lipinski definition) is 3. The molecule has 3 rings (SSSR count). The lowest BCUT2D eigenvalue weighted by Gasteiger charge is -2.22. The second kappa shape index (κ2) is 8.13. The minimum Gasteiger partial charge on any atom is -0.339 e. The molecule has 0 aliphatic carbocycles. The van der Waals surface area contributed by atoms with Gasteiger partial charge >= 0.3 is 12.4 Å². The van der Waals surface area contributed by atoms with E-state index in [1.807, 2.05) is 0 Å². The van der Waals surface area contributed by atoms with E-state index in [0.717, 1.165) is 42.6 Å². The van der Waals surface area contributed by atoms with E-state index >= 15 is 0 Å². The molecule has 2 aromatic heterocycles. The molecule has 0 radical (unpaired) electrons. The molecular formula is C20H13F6N3O. The normalized spacial score (nSPS) is 13.0. The molecule has 3 aromatic rings. The molecule has 1 N–H and O–H groups in total. The van der Waals surface area contributed by atoms with Crippen LogP contribution in [0.5, 0.6) is 0 Å². The van der Waals surface area contributed by atoms with E-state index in [0.29, 0.717) is 0 Å². The van der Waals surface area contributed by atoms with Crippen LogP contribution < -0.4 is 5.32 Å². The van der Waals surface area contributed by atoms with Crippen LogP contribution in [-0.2, 0) is 12.4 Å². The maximum atomic E-state index is 13.5. The summed E-state index contributed by atoms with van der Waals surface area (Å²) in [6.45, 7) is 0. The molecule has 0 spiro atoms. The van der Waals surface area contributed by atoms with Crippen LogP contribution in [0, 0.1) is 0 Å². The average Bonchev–Trinajstić information content (AvgIpc) is 2.71. The summed E-state index contributed by atoms with van der Waals surface area (Å²) in [5, 5.41) is 2.41. The van der Waals surface area contributed by atoms with Crippen molar-refractivity contribution in [2.45, 2.75) is 18.4 Å². The zero-order valence-corrected chi connectivity index (χ0v) is 15.0. The molecule has 0 aliphatic rings. The molecular weight excluding hydrogens is 412 g/mol. The van der Waals surface area contributed by atoms with E-state index in [1.54, 1.807) is 0 Å². The van der Waals surface area contributed by atoms with Gasteiger partial charge in [-0.3, -0.25) is 14.8 Å². The molecule has 1 amide bonds. The Kier molecular flexibility index (Phi) is 5.77. The number of aromatic nitrogens is 2. The molecule has 1 atom stereocenters. The summed E-state index contributed by atoms with van der Waals surface area (Å²) in [4.78, 5) is 20.1. The fourth-order valence-corrected chi connectivity index (χ4v) is 2.77. The SMILES string of the molecule is O=C(N[C@@H](c1ccc(C(F)(F)F)cc1)c1ncccc1C(F)(F)F)c1cccnc1. The Morgan fingerprint density at radius 3 is 2.10 bits per heavy atom. The molecule has 1 aromatic carbocycles. The lowest BCUT2D eigenvalue weighted by atomic mass is 9.97. The fourth-order valence-electron chi connectivity index (χ4n) is 2.77. The minimum atomic E-state index is -4.78. The van der Waals surface area contributed by atoms with Crippen LogP contribution in [0.4, 0.5) is 26.3 Å². The van der Waals surface area contributed by atoms with Crippen molar-refractivity contribution < 1.29 is 31.1 Å². The van der Waals surface area contributed by atoms with Gasteiger partial charge in [0.1, 0.15) is 0 Å². The molecule has 0 unspecified atom stereocenters. The number of carbonyl (C=O) groups is 1. The number of rotatable bonds is 4. The topological polar surface area (TPSA) is 54.9 Å². The van der Waals surface area contributed by atoms with E-state index in [1.165, 1.54) is 24.5 Å². The highest BCUT2D eigenvalue weighted by molar-refractivity contribution is 5.94. The second-order valence-electron chi connectivity index (χ2n) is 6.20. The number of hydrogen-bond donors (Lipinski definition) is 1. The Hall–Kier alpha value is -3.43. The van der Waals surface area contributed by atoms with Gasteiger partial charge in [-0.05, 0) is 42.0 Å². The minimum absolute atomic E-state index is 0.00411. The van der Waals surface area contributed by atoms with Gasteiger partial charge in [0.05, 0.1) is 28.4 Å². The Morgan fingerprint density at radius 2 is 1.53 bits per heavy atom. The smallest absolute Gasteiger partial charge is 0.339 e. The van der Waals surface area contributed by atoms with Crippen molar-refractivity contribution in [3.05, 3.63) is 95.1 Å². The summed E-state index contributed by atoms with van der Waals surface area (Å²) in [5.74, 6) is -0.758. The first-order valence-corrected chi connectivity index (χ1v) is 8.47. The molecule has 0 aliphatic heterocycles. The van der Waals surface area contributed by atoms with Crippen molar-refractivity contribution in [2.75, 3.05) is 0 Å². The van der Waals surface area contributed by atoms with Crippen molar-refractivity contribution in [3.63, 3.8) is 0 Å². The predicted octanol–water partition coefficient (Wildman–Crippen LogP) is 5.03. The third-order valence-corrected chi connectivity index (χ3v) is 4.19. The van der Waals surface area contributed by atoms with Gasteiger partial charge in [0.2, 0.25) is 0 Å². The maximum absolute atomic E-state index is 13.5. The van der Waals surface area contributed by atoms with E-state index in [-0.39, 0.29) is 11.1 Å². The molecule has 0 bridgehead atoms. The number of carbonyl (C=O) groups excluding carboxylic acids is 1. The third-order valence-electron chi connectivity index (χ3n) is 4.19. The summed E-state index contributed by atoms with van der Waals surface area (Å²) >= 11 is 0. The van der Waals surface area contributed by atoms with Gasteiger partial charge in [-0.1, -0.05) is 12.1 Å². The second-order valence-corrected chi connectivity index (χ2v) is 6.20. The van der Waals surface area contributed by atoms with Crippen molar-refractivity contribution in [1.29, 1.82) is 0 Å². The molecule has 156 valence electrons. The summed E-state index contributed by atoms with van der Waals surface area (Å²) in [7, 11) is 0. The van der Waals surface area contributed by atoms with Crippen LogP contribution in [0.3, 0.4) is 0 Å². The largest absolute Gasteiger partial charge is 0.418 e. The zero-order valence-electron chi connectivity index (χ0n) is 15.0. The van der Waals surface area contributed by atoms with Gasteiger partial charge in [-0.2, -0.15) is 26.3 Å². The Morgan fingerprint density at radius 1 is 0.867 bits per heavy atom. The van der Waals surface area contributed by atoms with Gasteiger partial charge in [-0.25, -0.2) is 0 Å². The number of amides is 1. The summed E-state index contributed by atoms with van der Waals surface area (Å²) < 4.78 is 79.1. The molecule has 30 heavy (non-hydrogen) atoms. The monoisotopic (exact) mass is 425 g/mol. The van der Waals surface area contributed by atoms with Crippen LogP contribution in [0.25, 0.3) is 0 Å². The predicted molar refractivity (Wildman–Crippen MR) is 94.2 cm³/mol. The lowest BCUT2D eigenvalue weighted by Crippen LogP contribution is -2.31. The molecule has 0 saturated heterocycles. The highest BCUT2D eigenvalue weighted by Crippen LogP contribution is 2.36. The third kappa shape index (κ3) is 4.76. The standard InChI is InChI=1S/C20H13F6N3O/c21-19(22,23)14-7-5-12(6-8-14)16(29-18(30)13-3-1-9-27-11-13)17-15(20(24,25)26)4-2-10-28-17/h1-11,16H,(H,29,30)/t16-/m0/s1. The first kappa shape index (κ1) is 21.3. The summed E-state index contributed by atoms with van der Waals surface area (Å²) in [5.41, 5.74) is -2.55. The quantitative estimate of drug-likeness (QED) is 0.597. The van der Waals surface area contributed by atoms with E-state index < -0.39 is 41.1 Å². The van der Waals surface area contributed by atoms with E-state index in [4.69, 9.17) is 0 Å². The van der Waals surface area contributed by atoms with Crippen LogP contribution in [0.2, 0.25) is 0 Å². The summed E-state index contributed by atoms with van der Waals surface area (Å²) in [6.07, 6.45) is -5.67. The first-order valence-electron chi connectivity index (χ1n) is 8.47. The molecule has 0 saturated carbocycles. The molecule has 2 heterocycles. The van der Waals surface area contributed by atoms with Crippen LogP contribution in [-0.4, -0.2) is 15.9 Å². The molecule has 4 nitrogen and oxygen atoms in total. The Balaban J connectivity index is 2.07. The summed E-state index contributed by atoms with van der Waals surface area (Å²) in [6, 6.07) is 6.76. The number of alkyl halides is 6. The van der Waals surface area contributed by atoms with Crippen LogP contribution in [0.1, 0.15) is 38.8 Å². The Labute approximate surface area is 166 Å². The average molecular weight is 425 g/mol. The highest BCUT2D eigenvalue weighted by Gasteiger charge is 2.37. The van der Waals surface area contributed by atoms with Crippen molar-refractivity contribution in [3.8, 4) is 0 Å². The lowest BCUT2D eigenvalue weighted by molar-refractivity contribution is -0.139. The van der Waals surface area contributed by atoms with Crippen molar-refractivity contribution in [2.24, 2.45) is 0 Å². The van der Waals surface area contributed by atoms with Gasteiger partial charge in [0.15, 0.2) is 0 Å². The number of nitrogens with zero attached hydrogens (tertiary/aromatic N) is 2. The van der Waals surface area contributed by atoms with Gasteiger partial charge in [0.25, 0.3) is 5.91 Å². The molecule has 0 fully saturated rings. The zero-order chi connectivity index (χ0) is 21.9. The number of benzene rings is 1. The maximum Gasteiger partial charge on any atom is 0.418 e. The fraction of sp³-hybridized carbons (Fsp3) is 0.150. The van der Waals surface area contributed by atoms with Gasteiger partial charge in [-0.15, -0.1) is 0 Å². The van der Waals surface area contributed by atoms with Gasteiger partial charge < -0.3 is 5.32 Å². The number of halogens is 6. The van der Waals surface area contributed by atoms with Crippen molar-refractivity contribution in [1.82, 2.24) is 15.3 Å². The van der Waals surface area contributed by atoms with Crippen LogP contribution in [0.15, 0.2) is 67.1 Å². The Bertz CT molecular complexity index is 1020. The van der Waals surface area contributed by atoms with E-state index in [2.05, 4.69) is 15.3 Å².